The van der Waals surface area contributed by atoms with Crippen LogP contribution in [0.4, 0.5) is 10.1 Å². The van der Waals surface area contributed by atoms with Crippen LogP contribution in [0.3, 0.4) is 0 Å². The Bertz CT molecular complexity index is 959. The van der Waals surface area contributed by atoms with Gasteiger partial charge in [0, 0.05) is 54.0 Å². The molecule has 1 saturated heterocycles. The average Bonchev–Trinajstić information content (AvgIpc) is 2.99. The van der Waals surface area contributed by atoms with Crippen molar-refractivity contribution in [2.24, 2.45) is 0 Å². The number of aromatic nitrogens is 1. The summed E-state index contributed by atoms with van der Waals surface area (Å²) in [7, 11) is 0. The maximum atomic E-state index is 13.1. The van der Waals surface area contributed by atoms with Gasteiger partial charge in [-0.25, -0.2) is 4.39 Å². The molecule has 0 saturated carbocycles. The van der Waals surface area contributed by atoms with Gasteiger partial charge < -0.3 is 15.0 Å². The lowest BCUT2D eigenvalue weighted by Crippen LogP contribution is -2.49. The van der Waals surface area contributed by atoms with Crippen LogP contribution in [0, 0.1) is 12.7 Å². The predicted octanol–water partition coefficient (Wildman–Crippen LogP) is 3.56. The van der Waals surface area contributed by atoms with Crippen LogP contribution in [-0.2, 0) is 4.79 Å². The van der Waals surface area contributed by atoms with E-state index < -0.39 is 12.0 Å². The Kier molecular flexibility index (Phi) is 4.58. The highest BCUT2D eigenvalue weighted by molar-refractivity contribution is 5.90. The number of carbonyl (C=O) groups is 1. The number of aromatic amines is 1. The Labute approximate surface area is 157 Å². The van der Waals surface area contributed by atoms with Crippen LogP contribution in [0.1, 0.15) is 17.3 Å². The number of hydrogen-bond acceptors (Lipinski definition) is 3. The van der Waals surface area contributed by atoms with Crippen LogP contribution in [0.25, 0.3) is 10.9 Å². The second-order valence-electron chi connectivity index (χ2n) is 6.95. The molecule has 1 fully saturated rings. The molecule has 4 rings (SSSR count). The van der Waals surface area contributed by atoms with E-state index in [0.717, 1.165) is 27.8 Å². The normalized spacial score (nSPS) is 16.6. The minimum Gasteiger partial charge on any atom is -0.480 e. The van der Waals surface area contributed by atoms with Crippen molar-refractivity contribution in [3.05, 3.63) is 65.6 Å². The standard InChI is InChI=1S/C21H22FN3O2/c1-14-19(17-4-2-3-5-18(17)23-14)20(21(26)27)25-12-10-24(11-13-25)16-8-6-15(22)7-9-16/h2-9,20,23H,10-13H2,1H3,(H,26,27)/t20-/m1/s1. The van der Waals surface area contributed by atoms with E-state index in [-0.39, 0.29) is 5.82 Å². The number of hydrogen-bond donors (Lipinski definition) is 2. The van der Waals surface area contributed by atoms with Crippen LogP contribution in [-0.4, -0.2) is 47.1 Å². The lowest BCUT2D eigenvalue weighted by molar-refractivity contribution is -0.143. The molecule has 0 radical (unpaired) electrons. The number of aliphatic carboxylic acids is 1. The molecule has 1 atom stereocenters. The Morgan fingerprint density at radius 1 is 1.07 bits per heavy atom. The Hall–Kier alpha value is -2.86. The Morgan fingerprint density at radius 3 is 2.41 bits per heavy atom. The summed E-state index contributed by atoms with van der Waals surface area (Å²) >= 11 is 0. The summed E-state index contributed by atoms with van der Waals surface area (Å²) in [5, 5.41) is 10.9. The number of halogens is 1. The molecule has 2 aromatic carbocycles. The largest absolute Gasteiger partial charge is 0.480 e. The minimum atomic E-state index is -0.835. The first-order chi connectivity index (χ1) is 13.0. The van der Waals surface area contributed by atoms with Gasteiger partial charge in [0.2, 0.25) is 0 Å². The maximum Gasteiger partial charge on any atom is 0.325 e. The highest BCUT2D eigenvalue weighted by atomic mass is 19.1. The number of anilines is 1. The number of carboxylic acids is 1. The van der Waals surface area contributed by atoms with Crippen molar-refractivity contribution in [2.75, 3.05) is 31.1 Å². The molecule has 6 heteroatoms. The van der Waals surface area contributed by atoms with Gasteiger partial charge in [0.05, 0.1) is 0 Å². The molecule has 1 aliphatic rings. The predicted molar refractivity (Wildman–Crippen MR) is 104 cm³/mol. The van der Waals surface area contributed by atoms with E-state index in [9.17, 15) is 14.3 Å². The number of H-pyrrole nitrogens is 1. The molecule has 2 N–H and O–H groups in total. The molecule has 140 valence electrons. The van der Waals surface area contributed by atoms with Crippen molar-refractivity contribution < 1.29 is 14.3 Å². The van der Waals surface area contributed by atoms with Gasteiger partial charge in [-0.15, -0.1) is 0 Å². The fourth-order valence-corrected chi connectivity index (χ4v) is 4.00. The van der Waals surface area contributed by atoms with Crippen molar-refractivity contribution in [2.45, 2.75) is 13.0 Å². The molecule has 1 aromatic heterocycles. The van der Waals surface area contributed by atoms with Crippen molar-refractivity contribution in [3.63, 3.8) is 0 Å². The van der Waals surface area contributed by atoms with E-state index in [2.05, 4.69) is 9.88 Å². The first kappa shape index (κ1) is 17.5. The quantitative estimate of drug-likeness (QED) is 0.740. The molecule has 1 aliphatic heterocycles. The van der Waals surface area contributed by atoms with Crippen LogP contribution in [0.5, 0.6) is 0 Å². The molecule has 0 spiro atoms. The smallest absolute Gasteiger partial charge is 0.325 e. The Morgan fingerprint density at radius 2 is 1.74 bits per heavy atom. The summed E-state index contributed by atoms with van der Waals surface area (Å²) in [6.45, 7) is 4.61. The fourth-order valence-electron chi connectivity index (χ4n) is 4.00. The molecule has 0 bridgehead atoms. The maximum absolute atomic E-state index is 13.1. The summed E-state index contributed by atoms with van der Waals surface area (Å²) in [6.07, 6.45) is 0. The minimum absolute atomic E-state index is 0.252. The molecular formula is C21H22FN3O2. The number of nitrogens with zero attached hydrogens (tertiary/aromatic N) is 2. The van der Waals surface area contributed by atoms with E-state index in [0.29, 0.717) is 26.2 Å². The second kappa shape index (κ2) is 7.04. The number of rotatable bonds is 4. The van der Waals surface area contributed by atoms with E-state index >= 15 is 0 Å². The zero-order valence-corrected chi connectivity index (χ0v) is 15.2. The number of para-hydroxylation sites is 1. The van der Waals surface area contributed by atoms with Crippen molar-refractivity contribution in [3.8, 4) is 0 Å². The third-order valence-electron chi connectivity index (χ3n) is 5.32. The van der Waals surface area contributed by atoms with Gasteiger partial charge in [-0.1, -0.05) is 18.2 Å². The summed E-state index contributed by atoms with van der Waals surface area (Å²) in [5.74, 6) is -1.09. The van der Waals surface area contributed by atoms with Gasteiger partial charge in [0.25, 0.3) is 0 Å². The lowest BCUT2D eigenvalue weighted by Gasteiger charge is -2.39. The summed E-state index contributed by atoms with van der Waals surface area (Å²) in [5.41, 5.74) is 3.66. The van der Waals surface area contributed by atoms with Crippen LogP contribution < -0.4 is 4.90 Å². The number of fused-ring (bicyclic) bond motifs is 1. The van der Waals surface area contributed by atoms with Crippen molar-refractivity contribution in [1.82, 2.24) is 9.88 Å². The molecular weight excluding hydrogens is 345 g/mol. The molecule has 0 amide bonds. The number of benzene rings is 2. The monoisotopic (exact) mass is 367 g/mol. The lowest BCUT2D eigenvalue weighted by atomic mass is 10.0. The first-order valence-corrected chi connectivity index (χ1v) is 9.09. The highest BCUT2D eigenvalue weighted by Crippen LogP contribution is 2.32. The van der Waals surface area contributed by atoms with Gasteiger partial charge >= 0.3 is 5.97 Å². The van der Waals surface area contributed by atoms with E-state index in [1.54, 1.807) is 12.1 Å². The Balaban J connectivity index is 1.58. The van der Waals surface area contributed by atoms with Crippen molar-refractivity contribution >= 4 is 22.6 Å². The van der Waals surface area contributed by atoms with Crippen LogP contribution in [0.2, 0.25) is 0 Å². The van der Waals surface area contributed by atoms with Crippen LogP contribution in [0.15, 0.2) is 48.5 Å². The summed E-state index contributed by atoms with van der Waals surface area (Å²) in [4.78, 5) is 19.7. The molecule has 0 unspecified atom stereocenters. The number of aryl methyl sites for hydroxylation is 1. The highest BCUT2D eigenvalue weighted by Gasteiger charge is 2.33. The number of piperazine rings is 1. The van der Waals surface area contributed by atoms with Gasteiger partial charge in [-0.3, -0.25) is 9.69 Å². The SMILES string of the molecule is Cc1[nH]c2ccccc2c1[C@H](C(=O)O)N1CCN(c2ccc(F)cc2)CC1. The third-order valence-corrected chi connectivity index (χ3v) is 5.32. The van der Waals surface area contributed by atoms with Gasteiger partial charge in [-0.05, 0) is 37.3 Å². The molecule has 5 nitrogen and oxygen atoms in total. The van der Waals surface area contributed by atoms with Gasteiger partial charge in [-0.2, -0.15) is 0 Å². The molecule has 0 aliphatic carbocycles. The summed E-state index contributed by atoms with van der Waals surface area (Å²) < 4.78 is 13.1. The van der Waals surface area contributed by atoms with Crippen molar-refractivity contribution in [1.29, 1.82) is 0 Å². The van der Waals surface area contributed by atoms with Gasteiger partial charge in [0.15, 0.2) is 0 Å². The molecule has 27 heavy (non-hydrogen) atoms. The number of carboxylic acid groups (broad SMARTS) is 1. The molecule has 3 aromatic rings. The first-order valence-electron chi connectivity index (χ1n) is 9.09. The molecule has 2 heterocycles. The van der Waals surface area contributed by atoms with E-state index in [1.807, 2.05) is 36.1 Å². The topological polar surface area (TPSA) is 59.6 Å². The fraction of sp³-hybridized carbons (Fsp3) is 0.286. The summed E-state index contributed by atoms with van der Waals surface area (Å²) in [6, 6.07) is 13.6. The number of nitrogens with one attached hydrogen (secondary N) is 1. The van der Waals surface area contributed by atoms with E-state index in [4.69, 9.17) is 0 Å². The zero-order chi connectivity index (χ0) is 19.0. The second-order valence-corrected chi connectivity index (χ2v) is 6.95. The average molecular weight is 367 g/mol. The van der Waals surface area contributed by atoms with Crippen LogP contribution >= 0.6 is 0 Å². The zero-order valence-electron chi connectivity index (χ0n) is 15.2. The third kappa shape index (κ3) is 3.28. The van der Waals surface area contributed by atoms with E-state index in [1.165, 1.54) is 12.1 Å². The van der Waals surface area contributed by atoms with Gasteiger partial charge in [0.1, 0.15) is 11.9 Å².